The molecule has 0 spiro atoms. The molecule has 1 aromatic carbocycles. The van der Waals surface area contributed by atoms with E-state index in [1.165, 1.54) is 10.6 Å². The standard InChI is InChI=1S/C16H14FNO4/c1-3-22-16(21)12-14(20)10-6-4-5-9-11(19)7-8(2)18(13(9)10)15(12)17/h4-6,8H,3,7H2,1-2H3. The van der Waals surface area contributed by atoms with E-state index in [0.717, 1.165) is 0 Å². The predicted molar refractivity (Wildman–Crippen MR) is 77.8 cm³/mol. The first-order valence-electron chi connectivity index (χ1n) is 7.04. The number of Topliss-reactive ketones (excluding diaryl/α,β-unsaturated/α-hetero) is 1. The number of hydrogen-bond donors (Lipinski definition) is 0. The number of pyridine rings is 1. The van der Waals surface area contributed by atoms with Gasteiger partial charge in [0.2, 0.25) is 11.4 Å². The van der Waals surface area contributed by atoms with Crippen LogP contribution in [0.25, 0.3) is 10.9 Å². The molecule has 0 saturated heterocycles. The van der Waals surface area contributed by atoms with E-state index >= 15 is 0 Å². The van der Waals surface area contributed by atoms with Gasteiger partial charge in [-0.1, -0.05) is 6.07 Å². The number of carbonyl (C=O) groups excluding carboxylic acids is 2. The highest BCUT2D eigenvalue weighted by Crippen LogP contribution is 2.31. The second kappa shape index (κ2) is 5.05. The summed E-state index contributed by atoms with van der Waals surface area (Å²) in [6, 6.07) is 4.14. The van der Waals surface area contributed by atoms with Gasteiger partial charge in [-0.15, -0.1) is 0 Å². The van der Waals surface area contributed by atoms with E-state index in [1.54, 1.807) is 26.0 Å². The second-order valence-corrected chi connectivity index (χ2v) is 5.26. The van der Waals surface area contributed by atoms with Crippen LogP contribution in [0.1, 0.15) is 47.0 Å². The van der Waals surface area contributed by atoms with E-state index in [9.17, 15) is 18.8 Å². The molecule has 1 aliphatic rings. The summed E-state index contributed by atoms with van der Waals surface area (Å²) < 4.78 is 20.8. The number of hydrogen-bond acceptors (Lipinski definition) is 4. The van der Waals surface area contributed by atoms with E-state index in [-0.39, 0.29) is 29.7 Å². The molecule has 22 heavy (non-hydrogen) atoms. The molecule has 1 atom stereocenters. The predicted octanol–water partition coefficient (Wildman–Crippen LogP) is 2.46. The molecule has 6 heteroatoms. The fourth-order valence-corrected chi connectivity index (χ4v) is 2.92. The normalized spacial score (nSPS) is 16.9. The van der Waals surface area contributed by atoms with E-state index in [4.69, 9.17) is 4.74 Å². The Balaban J connectivity index is 2.47. The molecular formula is C16H14FNO4. The fourth-order valence-electron chi connectivity index (χ4n) is 2.92. The molecule has 2 heterocycles. The zero-order chi connectivity index (χ0) is 16.0. The van der Waals surface area contributed by atoms with Gasteiger partial charge in [0.1, 0.15) is 0 Å². The lowest BCUT2D eigenvalue weighted by atomic mass is 9.95. The third kappa shape index (κ3) is 1.87. The van der Waals surface area contributed by atoms with Crippen LogP contribution >= 0.6 is 0 Å². The van der Waals surface area contributed by atoms with Gasteiger partial charge < -0.3 is 9.30 Å². The summed E-state index contributed by atoms with van der Waals surface area (Å²) in [5.41, 5.74) is -0.789. The quantitative estimate of drug-likeness (QED) is 0.631. The number of carbonyl (C=O) groups is 2. The zero-order valence-electron chi connectivity index (χ0n) is 12.2. The molecule has 1 unspecified atom stereocenters. The minimum atomic E-state index is -0.981. The first-order chi connectivity index (χ1) is 10.5. The van der Waals surface area contributed by atoms with Crippen molar-refractivity contribution in [1.82, 2.24) is 4.57 Å². The van der Waals surface area contributed by atoms with Crippen LogP contribution < -0.4 is 5.43 Å². The molecule has 0 N–H and O–H groups in total. The Hall–Kier alpha value is -2.50. The lowest BCUT2D eigenvalue weighted by molar-refractivity contribution is 0.0517. The van der Waals surface area contributed by atoms with Gasteiger partial charge in [-0.25, -0.2) is 4.79 Å². The molecule has 0 radical (unpaired) electrons. The van der Waals surface area contributed by atoms with E-state index in [1.807, 2.05) is 0 Å². The lowest BCUT2D eigenvalue weighted by Gasteiger charge is -2.26. The maximum absolute atomic E-state index is 14.8. The summed E-state index contributed by atoms with van der Waals surface area (Å²) in [4.78, 5) is 36.5. The average Bonchev–Trinajstić information content (AvgIpc) is 2.46. The number of aromatic nitrogens is 1. The number of nitrogens with zero attached hydrogens (tertiary/aromatic N) is 1. The molecule has 114 valence electrons. The topological polar surface area (TPSA) is 65.4 Å². The van der Waals surface area contributed by atoms with Crippen molar-refractivity contribution in [2.24, 2.45) is 0 Å². The molecule has 5 nitrogen and oxygen atoms in total. The van der Waals surface area contributed by atoms with E-state index < -0.39 is 29.0 Å². The van der Waals surface area contributed by atoms with Crippen LogP contribution in [0.3, 0.4) is 0 Å². The summed E-state index contributed by atoms with van der Waals surface area (Å²) in [5.74, 6) is -2.06. The van der Waals surface area contributed by atoms with Crippen molar-refractivity contribution in [3.05, 3.63) is 45.5 Å². The largest absolute Gasteiger partial charge is 0.462 e. The number of para-hydroxylation sites is 1. The highest BCUT2D eigenvalue weighted by molar-refractivity contribution is 6.09. The number of halogens is 1. The smallest absolute Gasteiger partial charge is 0.346 e. The summed E-state index contributed by atoms with van der Waals surface area (Å²) in [6.45, 7) is 3.30. The van der Waals surface area contributed by atoms with Crippen molar-refractivity contribution < 1.29 is 18.7 Å². The zero-order valence-corrected chi connectivity index (χ0v) is 12.2. The Morgan fingerprint density at radius 1 is 1.41 bits per heavy atom. The van der Waals surface area contributed by atoms with Crippen LogP contribution in [0.15, 0.2) is 23.0 Å². The van der Waals surface area contributed by atoms with Gasteiger partial charge in [-0.2, -0.15) is 4.39 Å². The molecule has 0 aliphatic carbocycles. The van der Waals surface area contributed by atoms with Crippen molar-refractivity contribution in [2.45, 2.75) is 26.3 Å². The number of benzene rings is 1. The molecule has 1 aliphatic heterocycles. The van der Waals surface area contributed by atoms with Crippen LogP contribution in [0.5, 0.6) is 0 Å². The maximum atomic E-state index is 14.8. The molecular weight excluding hydrogens is 289 g/mol. The Kier molecular flexibility index (Phi) is 3.31. The Morgan fingerprint density at radius 3 is 2.82 bits per heavy atom. The number of ether oxygens (including phenoxy) is 1. The van der Waals surface area contributed by atoms with Gasteiger partial charge in [-0.05, 0) is 26.0 Å². The van der Waals surface area contributed by atoms with Crippen molar-refractivity contribution in [2.75, 3.05) is 6.61 Å². The van der Waals surface area contributed by atoms with Gasteiger partial charge in [0.05, 0.1) is 12.1 Å². The van der Waals surface area contributed by atoms with Crippen molar-refractivity contribution in [1.29, 1.82) is 0 Å². The van der Waals surface area contributed by atoms with Crippen LogP contribution in [-0.4, -0.2) is 22.9 Å². The SMILES string of the molecule is CCOC(=O)c1c(F)n2c3c(cccc3c1=O)C(=O)CC2C. The maximum Gasteiger partial charge on any atom is 0.346 e. The van der Waals surface area contributed by atoms with E-state index in [0.29, 0.717) is 5.56 Å². The van der Waals surface area contributed by atoms with Crippen LogP contribution in [-0.2, 0) is 4.74 Å². The molecule has 3 rings (SSSR count). The summed E-state index contributed by atoms with van der Waals surface area (Å²) in [7, 11) is 0. The summed E-state index contributed by atoms with van der Waals surface area (Å²) in [5, 5.41) is 0.154. The molecule has 1 aromatic heterocycles. The molecule has 0 amide bonds. The molecule has 2 aromatic rings. The average molecular weight is 303 g/mol. The van der Waals surface area contributed by atoms with Crippen molar-refractivity contribution >= 4 is 22.7 Å². The van der Waals surface area contributed by atoms with E-state index in [2.05, 4.69) is 0 Å². The van der Waals surface area contributed by atoms with Crippen LogP contribution in [0.2, 0.25) is 0 Å². The van der Waals surface area contributed by atoms with Crippen LogP contribution in [0.4, 0.5) is 4.39 Å². The molecule has 0 saturated carbocycles. The summed E-state index contributed by atoms with van der Waals surface area (Å²) >= 11 is 0. The van der Waals surface area contributed by atoms with Crippen molar-refractivity contribution in [3.63, 3.8) is 0 Å². The van der Waals surface area contributed by atoms with Gasteiger partial charge in [-0.3, -0.25) is 9.59 Å². The number of rotatable bonds is 2. The molecule has 0 bridgehead atoms. The Labute approximate surface area is 125 Å². The first-order valence-corrected chi connectivity index (χ1v) is 7.04. The van der Waals surface area contributed by atoms with Gasteiger partial charge in [0.15, 0.2) is 11.3 Å². The third-order valence-electron chi connectivity index (χ3n) is 3.87. The molecule has 0 fully saturated rings. The minimum Gasteiger partial charge on any atom is -0.462 e. The highest BCUT2D eigenvalue weighted by atomic mass is 19.1. The third-order valence-corrected chi connectivity index (χ3v) is 3.87. The number of esters is 1. The van der Waals surface area contributed by atoms with Crippen molar-refractivity contribution in [3.8, 4) is 0 Å². The monoisotopic (exact) mass is 303 g/mol. The number of ketones is 1. The first kappa shape index (κ1) is 14.4. The van der Waals surface area contributed by atoms with Gasteiger partial charge in [0.25, 0.3) is 0 Å². The minimum absolute atomic E-state index is 0.0455. The van der Waals surface area contributed by atoms with Crippen LogP contribution in [0, 0.1) is 5.95 Å². The van der Waals surface area contributed by atoms with Gasteiger partial charge >= 0.3 is 5.97 Å². The van der Waals surface area contributed by atoms with Gasteiger partial charge in [0, 0.05) is 23.4 Å². The Bertz CT molecular complexity index is 869. The summed E-state index contributed by atoms with van der Waals surface area (Å²) in [6.07, 6.45) is 0.119. The lowest BCUT2D eigenvalue weighted by Crippen LogP contribution is -2.30. The second-order valence-electron chi connectivity index (χ2n) is 5.26. The Morgan fingerprint density at radius 2 is 2.14 bits per heavy atom. The highest BCUT2D eigenvalue weighted by Gasteiger charge is 2.31. The fraction of sp³-hybridized carbons (Fsp3) is 0.312.